The number of aromatic nitrogens is 2. The zero-order valence-corrected chi connectivity index (χ0v) is 61.0. The summed E-state index contributed by atoms with van der Waals surface area (Å²) in [5.41, 5.74) is 22.0. The second kappa shape index (κ2) is 23.9. The minimum absolute atomic E-state index is 0. The Kier molecular flexibility index (Phi) is 16.8. The summed E-state index contributed by atoms with van der Waals surface area (Å²) in [5.74, 6) is 2.65. The van der Waals surface area contributed by atoms with Gasteiger partial charge in [-0.2, -0.15) is 12.1 Å². The molecule has 0 bridgehead atoms. The van der Waals surface area contributed by atoms with Crippen molar-refractivity contribution in [3.05, 3.63) is 234 Å². The molecule has 12 aromatic rings. The number of para-hydroxylation sites is 1. The van der Waals surface area contributed by atoms with Crippen molar-refractivity contribution in [3.8, 4) is 50.7 Å². The van der Waals surface area contributed by atoms with Crippen LogP contribution in [0, 0.1) is 18.8 Å². The molecule has 0 radical (unpaired) electrons. The summed E-state index contributed by atoms with van der Waals surface area (Å²) in [4.78, 5) is 9.88. The van der Waals surface area contributed by atoms with Crippen molar-refractivity contribution in [1.29, 1.82) is 0 Å². The zero-order valence-electron chi connectivity index (χ0n) is 57.9. The summed E-state index contributed by atoms with van der Waals surface area (Å²) in [7, 11) is 0. The van der Waals surface area contributed by atoms with Crippen LogP contribution in [0.5, 0.6) is 11.5 Å². The van der Waals surface area contributed by atoms with Crippen molar-refractivity contribution in [2.75, 3.05) is 9.80 Å². The van der Waals surface area contributed by atoms with Gasteiger partial charge in [-0.1, -0.05) is 240 Å². The van der Waals surface area contributed by atoms with Crippen LogP contribution in [0.15, 0.2) is 176 Å². The maximum Gasteiger partial charge on any atom is 0.135 e. The number of pyridine rings is 1. The molecular formula is C86H89N4OPtS-3. The summed E-state index contributed by atoms with van der Waals surface area (Å²) >= 11 is 1.85. The predicted molar refractivity (Wildman–Crippen MR) is 395 cm³/mol. The third-order valence-corrected chi connectivity index (χ3v) is 20.1. The Morgan fingerprint density at radius 2 is 1.01 bits per heavy atom. The Morgan fingerprint density at radius 3 is 1.59 bits per heavy atom. The first-order chi connectivity index (χ1) is 43.4. The van der Waals surface area contributed by atoms with Gasteiger partial charge in [0.1, 0.15) is 5.82 Å². The molecule has 5 nitrogen and oxygen atoms in total. The van der Waals surface area contributed by atoms with Crippen molar-refractivity contribution in [2.24, 2.45) is 0 Å². The second-order valence-electron chi connectivity index (χ2n) is 31.5. The van der Waals surface area contributed by atoms with Gasteiger partial charge in [0.25, 0.3) is 0 Å². The van der Waals surface area contributed by atoms with Gasteiger partial charge in [-0.3, -0.25) is 0 Å². The molecule has 0 unspecified atom stereocenters. The summed E-state index contributed by atoms with van der Waals surface area (Å²) < 4.78 is 11.9. The fourth-order valence-corrected chi connectivity index (χ4v) is 14.6. The largest absolute Gasteiger partial charge is 0.509 e. The van der Waals surface area contributed by atoms with Crippen LogP contribution in [0.3, 0.4) is 0 Å². The first kappa shape index (κ1) is 65.3. The van der Waals surface area contributed by atoms with E-state index in [0.717, 1.165) is 56.1 Å². The molecule has 0 saturated carbocycles. The molecule has 1 aliphatic heterocycles. The van der Waals surface area contributed by atoms with E-state index in [1.165, 1.54) is 86.8 Å². The van der Waals surface area contributed by atoms with Crippen LogP contribution in [0.4, 0.5) is 22.7 Å². The fraction of sp³-hybridized carbons (Fsp3) is 0.302. The number of benzene rings is 9. The van der Waals surface area contributed by atoms with Crippen LogP contribution in [0.1, 0.15) is 182 Å². The molecule has 1 aliphatic rings. The van der Waals surface area contributed by atoms with E-state index in [4.69, 9.17) is 9.72 Å². The van der Waals surface area contributed by atoms with Gasteiger partial charge < -0.3 is 19.1 Å². The number of fused-ring (bicyclic) bond motifs is 8. The maximum atomic E-state index is 7.08. The fourth-order valence-electron chi connectivity index (χ4n) is 13.4. The molecule has 0 atom stereocenters. The number of thiophene rings is 1. The average molecular weight is 1420 g/mol. The van der Waals surface area contributed by atoms with Crippen molar-refractivity contribution in [1.82, 2.24) is 9.55 Å². The van der Waals surface area contributed by atoms with E-state index in [2.05, 4.69) is 329 Å². The van der Waals surface area contributed by atoms with Crippen LogP contribution in [0.25, 0.3) is 81.2 Å². The molecule has 0 amide bonds. The molecule has 0 N–H and O–H groups in total. The Hall–Kier alpha value is -7.76. The molecule has 3 aromatic heterocycles. The molecule has 9 aromatic carbocycles. The van der Waals surface area contributed by atoms with E-state index in [-0.39, 0.29) is 48.1 Å². The van der Waals surface area contributed by atoms with Crippen LogP contribution in [0.2, 0.25) is 0 Å². The smallest absolute Gasteiger partial charge is 0.135 e. The third-order valence-electron chi connectivity index (χ3n) is 18.8. The standard InChI is InChI=1S/C86H89N4OS.Pt/c1-52(2)65-28-23-29-66(53(3)4)78(65)54-33-37-72-75(45-54)88(51-89(72)80-67(55-41-58(83(8,9)10)46-59(42-55)84(11,12)13)30-24-31-68(80)56-43-60(85(14,15)16)47-61(44-56)86(17,18)19)62-25-22-26-63(49-62)91-64-34-35-71-74(50-64)90(77-48-57(39-40-87-77)82(5,6)7)73-38-36-70-69-27-20-21-32-76(69)92-81(70)79(71)73;/h20-48,51-53H,1-19H3;/q-3;. The molecule has 478 valence electrons. The van der Waals surface area contributed by atoms with Gasteiger partial charge in [0.2, 0.25) is 0 Å². The van der Waals surface area contributed by atoms with Crippen molar-refractivity contribution in [3.63, 3.8) is 0 Å². The van der Waals surface area contributed by atoms with Crippen molar-refractivity contribution < 1.29 is 25.8 Å². The van der Waals surface area contributed by atoms with Gasteiger partial charge in [0.05, 0.1) is 0 Å². The van der Waals surface area contributed by atoms with E-state index in [9.17, 15) is 0 Å². The molecule has 7 heteroatoms. The minimum Gasteiger partial charge on any atom is -0.509 e. The van der Waals surface area contributed by atoms with Gasteiger partial charge in [0.15, 0.2) is 0 Å². The topological polar surface area (TPSA) is 33.5 Å². The number of ether oxygens (including phenoxy) is 1. The molecule has 0 spiro atoms. The second-order valence-corrected chi connectivity index (χ2v) is 32.5. The SMILES string of the molecule is CC(C)c1cccc(C(C)C)c1-c1ccc2c(c1)N(c1[c-]c(Oc3[c-]c4c(cc3)c3c5sc6ccccc6c5ccc3n4-c3cc(C(C)(C)C)ccn3)ccc1)[CH-]N2c1c(-c2cc(C(C)(C)C)cc(C(C)(C)C)c2)cccc1-c1cc(C(C)(C)C)cc(C(C)(C)C)c1.[Pt]. The summed E-state index contributed by atoms with van der Waals surface area (Å²) in [6.45, 7) is 46.4. The van der Waals surface area contributed by atoms with Crippen LogP contribution in [-0.2, 0) is 48.1 Å². The average Bonchev–Trinajstić information content (AvgIpc) is 1.59. The maximum absolute atomic E-state index is 7.08. The Labute approximate surface area is 572 Å². The van der Waals surface area contributed by atoms with Crippen molar-refractivity contribution >= 4 is 76.1 Å². The van der Waals surface area contributed by atoms with E-state index in [1.807, 2.05) is 23.6 Å². The molecule has 4 heterocycles. The van der Waals surface area contributed by atoms with Crippen molar-refractivity contribution in [2.45, 2.75) is 170 Å². The van der Waals surface area contributed by atoms with Gasteiger partial charge in [-0.15, -0.1) is 59.4 Å². The first-order valence-electron chi connectivity index (χ1n) is 33.0. The summed E-state index contributed by atoms with van der Waals surface area (Å²) in [5, 5.41) is 4.82. The number of rotatable bonds is 10. The third kappa shape index (κ3) is 12.2. The van der Waals surface area contributed by atoms with Gasteiger partial charge in [-0.25, -0.2) is 4.98 Å². The first-order valence-corrected chi connectivity index (χ1v) is 33.9. The van der Waals surface area contributed by atoms with E-state index >= 15 is 0 Å². The number of nitrogens with zero attached hydrogens (tertiary/aromatic N) is 4. The predicted octanol–water partition coefficient (Wildman–Crippen LogP) is 25.1. The molecule has 0 aliphatic carbocycles. The Balaban J connectivity index is 0.00000832. The van der Waals surface area contributed by atoms with Crippen LogP contribution >= 0.6 is 11.3 Å². The van der Waals surface area contributed by atoms with Crippen LogP contribution < -0.4 is 14.5 Å². The number of hydrogen-bond acceptors (Lipinski definition) is 5. The summed E-state index contributed by atoms with van der Waals surface area (Å²) in [6.07, 6.45) is 1.94. The normalized spacial score (nSPS) is 13.3. The molecular weight excluding hydrogens is 1330 g/mol. The number of anilines is 4. The van der Waals surface area contributed by atoms with Gasteiger partial charge >= 0.3 is 0 Å². The molecule has 93 heavy (non-hydrogen) atoms. The Bertz CT molecular complexity index is 4680. The van der Waals surface area contributed by atoms with E-state index in [1.54, 1.807) is 0 Å². The molecule has 13 rings (SSSR count). The molecule has 0 saturated heterocycles. The quantitative estimate of drug-likeness (QED) is 0.128. The Morgan fingerprint density at radius 1 is 0.462 bits per heavy atom. The summed E-state index contributed by atoms with van der Waals surface area (Å²) in [6, 6.07) is 71.5. The zero-order chi connectivity index (χ0) is 65.3. The van der Waals surface area contributed by atoms with E-state index < -0.39 is 0 Å². The number of hydrogen-bond donors (Lipinski definition) is 0. The van der Waals surface area contributed by atoms with Crippen LogP contribution in [-0.4, -0.2) is 9.55 Å². The molecule has 0 fully saturated rings. The van der Waals surface area contributed by atoms with Gasteiger partial charge in [0, 0.05) is 92.6 Å². The van der Waals surface area contributed by atoms with E-state index in [0.29, 0.717) is 23.3 Å². The monoisotopic (exact) mass is 1420 g/mol. The van der Waals surface area contributed by atoms with Gasteiger partial charge in [-0.05, 0) is 142 Å². The minimum atomic E-state index is -0.0936.